The summed E-state index contributed by atoms with van der Waals surface area (Å²) >= 11 is 1.25. The number of nitrogens with one attached hydrogen (secondary N) is 1. The fourth-order valence-corrected chi connectivity index (χ4v) is 4.19. The number of ether oxygens (including phenoxy) is 3. The van der Waals surface area contributed by atoms with Crippen LogP contribution in [0.15, 0.2) is 58.5 Å². The van der Waals surface area contributed by atoms with Gasteiger partial charge in [0.05, 0.1) is 35.9 Å². The van der Waals surface area contributed by atoms with Gasteiger partial charge in [-0.05, 0) is 63.6 Å². The maximum atomic E-state index is 13.1. The molecule has 0 aliphatic carbocycles. The Morgan fingerprint density at radius 3 is 2.49 bits per heavy atom. The number of benzene rings is 2. The summed E-state index contributed by atoms with van der Waals surface area (Å²) in [4.78, 5) is 30.1. The fraction of sp³-hybridized carbons (Fsp3) is 0.423. The topological polar surface area (TPSA) is 91.7 Å². The van der Waals surface area contributed by atoms with E-state index < -0.39 is 0 Å². The van der Waals surface area contributed by atoms with Crippen molar-refractivity contribution in [2.45, 2.75) is 45.0 Å². The molecule has 9 heteroatoms. The summed E-state index contributed by atoms with van der Waals surface area (Å²) in [6, 6.07) is 14.6. The van der Waals surface area contributed by atoms with Gasteiger partial charge in [-0.25, -0.2) is 4.98 Å². The number of rotatable bonds is 14. The lowest BCUT2D eigenvalue weighted by molar-refractivity contribution is -0.118. The highest BCUT2D eigenvalue weighted by Crippen LogP contribution is 2.19. The number of amides is 1. The SMILES string of the molecule is CCOc1ccc(OCCNC(=O)CSc2nc3ccccc3c(=O)n2CCCOC(C)C)cc1. The van der Waals surface area contributed by atoms with Crippen LogP contribution >= 0.6 is 11.8 Å². The second-order valence-corrected chi connectivity index (χ2v) is 8.98. The summed E-state index contributed by atoms with van der Waals surface area (Å²) in [7, 11) is 0. The van der Waals surface area contributed by atoms with E-state index in [1.165, 1.54) is 11.8 Å². The zero-order chi connectivity index (χ0) is 25.0. The van der Waals surface area contributed by atoms with Gasteiger partial charge in [-0.3, -0.25) is 14.2 Å². The van der Waals surface area contributed by atoms with E-state index in [1.54, 1.807) is 10.6 Å². The van der Waals surface area contributed by atoms with Crippen LogP contribution in [0.4, 0.5) is 0 Å². The average Bonchev–Trinajstić information content (AvgIpc) is 2.85. The van der Waals surface area contributed by atoms with Gasteiger partial charge in [0.2, 0.25) is 5.91 Å². The van der Waals surface area contributed by atoms with E-state index in [-0.39, 0.29) is 23.3 Å². The van der Waals surface area contributed by atoms with Crippen LogP contribution in [-0.4, -0.2) is 53.7 Å². The third kappa shape index (κ3) is 8.29. The highest BCUT2D eigenvalue weighted by atomic mass is 32.2. The second kappa shape index (κ2) is 13.7. The third-order valence-electron chi connectivity index (χ3n) is 4.96. The molecule has 3 rings (SSSR count). The molecule has 0 spiro atoms. The molecule has 1 heterocycles. The summed E-state index contributed by atoms with van der Waals surface area (Å²) in [6.45, 7) is 8.25. The molecule has 0 unspecified atom stereocenters. The van der Waals surface area contributed by atoms with Crippen LogP contribution in [0.3, 0.4) is 0 Å². The van der Waals surface area contributed by atoms with E-state index in [2.05, 4.69) is 10.3 Å². The van der Waals surface area contributed by atoms with Gasteiger partial charge in [-0.2, -0.15) is 0 Å². The first-order valence-corrected chi connectivity index (χ1v) is 12.8. The Morgan fingerprint density at radius 1 is 1.06 bits per heavy atom. The molecule has 3 aromatic rings. The zero-order valence-electron chi connectivity index (χ0n) is 20.5. The van der Waals surface area contributed by atoms with E-state index >= 15 is 0 Å². The van der Waals surface area contributed by atoms with Crippen molar-refractivity contribution < 1.29 is 19.0 Å². The number of carbonyl (C=O) groups is 1. The number of thioether (sulfide) groups is 1. The molecule has 0 fully saturated rings. The van der Waals surface area contributed by atoms with Gasteiger partial charge in [-0.1, -0.05) is 23.9 Å². The molecule has 1 N–H and O–H groups in total. The first-order valence-electron chi connectivity index (χ1n) is 11.8. The van der Waals surface area contributed by atoms with Gasteiger partial charge in [0, 0.05) is 13.2 Å². The Bertz CT molecular complexity index is 1150. The van der Waals surface area contributed by atoms with Crippen LogP contribution in [0.1, 0.15) is 27.2 Å². The predicted octanol–water partition coefficient (Wildman–Crippen LogP) is 3.90. The van der Waals surface area contributed by atoms with Crippen molar-refractivity contribution >= 4 is 28.6 Å². The predicted molar refractivity (Wildman–Crippen MR) is 139 cm³/mol. The number of hydrogen-bond donors (Lipinski definition) is 1. The third-order valence-corrected chi connectivity index (χ3v) is 5.94. The Morgan fingerprint density at radius 2 is 1.77 bits per heavy atom. The molecule has 0 aliphatic rings. The largest absolute Gasteiger partial charge is 0.494 e. The van der Waals surface area contributed by atoms with E-state index in [1.807, 2.05) is 63.2 Å². The van der Waals surface area contributed by atoms with Crippen LogP contribution in [0, 0.1) is 0 Å². The lowest BCUT2D eigenvalue weighted by atomic mass is 10.2. The molecule has 35 heavy (non-hydrogen) atoms. The first kappa shape index (κ1) is 26.6. The highest BCUT2D eigenvalue weighted by Gasteiger charge is 2.13. The molecule has 0 saturated carbocycles. The number of hydrogen-bond acceptors (Lipinski definition) is 7. The quantitative estimate of drug-likeness (QED) is 0.204. The van der Waals surface area contributed by atoms with Crippen LogP contribution in [-0.2, 0) is 16.1 Å². The molecule has 1 aromatic heterocycles. The van der Waals surface area contributed by atoms with Gasteiger partial charge >= 0.3 is 0 Å². The highest BCUT2D eigenvalue weighted by molar-refractivity contribution is 7.99. The van der Waals surface area contributed by atoms with Crippen molar-refractivity contribution in [2.24, 2.45) is 0 Å². The smallest absolute Gasteiger partial charge is 0.262 e. The van der Waals surface area contributed by atoms with Gasteiger partial charge in [0.1, 0.15) is 18.1 Å². The number of fused-ring (bicyclic) bond motifs is 1. The average molecular weight is 500 g/mol. The van der Waals surface area contributed by atoms with Crippen LogP contribution < -0.4 is 20.3 Å². The number of aromatic nitrogens is 2. The molecule has 0 bridgehead atoms. The van der Waals surface area contributed by atoms with Crippen molar-refractivity contribution in [3.05, 3.63) is 58.9 Å². The van der Waals surface area contributed by atoms with Crippen molar-refractivity contribution in [3.63, 3.8) is 0 Å². The number of nitrogens with zero attached hydrogens (tertiary/aromatic N) is 2. The summed E-state index contributed by atoms with van der Waals surface area (Å²) in [6.07, 6.45) is 0.818. The molecule has 1 amide bonds. The molecular weight excluding hydrogens is 466 g/mol. The first-order chi connectivity index (χ1) is 17.0. The van der Waals surface area contributed by atoms with Crippen LogP contribution in [0.2, 0.25) is 0 Å². The van der Waals surface area contributed by atoms with Crippen molar-refractivity contribution in [3.8, 4) is 11.5 Å². The van der Waals surface area contributed by atoms with Gasteiger partial charge < -0.3 is 19.5 Å². The van der Waals surface area contributed by atoms with Gasteiger partial charge in [0.25, 0.3) is 5.56 Å². The molecular formula is C26H33N3O5S. The Kier molecular flexibility index (Phi) is 10.4. The molecule has 188 valence electrons. The number of para-hydroxylation sites is 1. The lowest BCUT2D eigenvalue weighted by Crippen LogP contribution is -2.30. The van der Waals surface area contributed by atoms with Crippen LogP contribution in [0.25, 0.3) is 10.9 Å². The summed E-state index contributed by atoms with van der Waals surface area (Å²) in [5.74, 6) is 1.50. The molecule has 0 aliphatic heterocycles. The molecule has 0 atom stereocenters. The minimum Gasteiger partial charge on any atom is -0.494 e. The van der Waals surface area contributed by atoms with Crippen LogP contribution in [0.5, 0.6) is 11.5 Å². The standard InChI is InChI=1S/C26H33N3O5S/c1-4-32-20-10-12-21(13-11-20)34-17-14-27-24(30)18-35-26-28-23-9-6-5-8-22(23)25(31)29(26)15-7-16-33-19(2)3/h5-6,8-13,19H,4,7,14-18H2,1-3H3,(H,27,30). The van der Waals surface area contributed by atoms with E-state index in [4.69, 9.17) is 14.2 Å². The maximum Gasteiger partial charge on any atom is 0.262 e. The molecule has 8 nitrogen and oxygen atoms in total. The minimum atomic E-state index is -0.151. The summed E-state index contributed by atoms with van der Waals surface area (Å²) in [5.41, 5.74) is 0.519. The lowest BCUT2D eigenvalue weighted by Gasteiger charge is -2.14. The van der Waals surface area contributed by atoms with Gasteiger partial charge in [-0.15, -0.1) is 0 Å². The minimum absolute atomic E-state index is 0.105. The Labute approximate surface area is 210 Å². The van der Waals surface area contributed by atoms with E-state index in [0.717, 1.165) is 5.75 Å². The Balaban J connectivity index is 1.53. The normalized spacial score (nSPS) is 11.1. The zero-order valence-corrected chi connectivity index (χ0v) is 21.3. The Hall–Kier alpha value is -3.04. The van der Waals surface area contributed by atoms with Crippen molar-refractivity contribution in [1.82, 2.24) is 14.9 Å². The molecule has 2 aromatic carbocycles. The van der Waals surface area contributed by atoms with Gasteiger partial charge in [0.15, 0.2) is 5.16 Å². The van der Waals surface area contributed by atoms with E-state index in [0.29, 0.717) is 61.1 Å². The van der Waals surface area contributed by atoms with Crippen molar-refractivity contribution in [2.75, 3.05) is 32.1 Å². The van der Waals surface area contributed by atoms with E-state index in [9.17, 15) is 9.59 Å². The molecule has 0 radical (unpaired) electrons. The van der Waals surface area contributed by atoms with Crippen molar-refractivity contribution in [1.29, 1.82) is 0 Å². The number of carbonyl (C=O) groups excluding carboxylic acids is 1. The second-order valence-electron chi connectivity index (χ2n) is 8.03. The molecule has 0 saturated heterocycles. The monoisotopic (exact) mass is 499 g/mol. The summed E-state index contributed by atoms with van der Waals surface area (Å²) < 4.78 is 18.3. The summed E-state index contributed by atoms with van der Waals surface area (Å²) in [5, 5.41) is 3.94. The fourth-order valence-electron chi connectivity index (χ4n) is 3.34. The maximum absolute atomic E-state index is 13.1.